The molecule has 1 saturated heterocycles. The van der Waals surface area contributed by atoms with E-state index >= 15 is 0 Å². The van der Waals surface area contributed by atoms with Gasteiger partial charge in [0.1, 0.15) is 0 Å². The third-order valence-corrected chi connectivity index (χ3v) is 5.62. The molecule has 1 aromatic heterocycles. The SMILES string of the molecule is CN(C1CCNC1)S(=O)(=O)c1ccc2[nH]c(=O)[nH]c2c1. The quantitative estimate of drug-likeness (QED) is 0.733. The molecule has 8 heteroatoms. The maximum Gasteiger partial charge on any atom is 0.323 e. The van der Waals surface area contributed by atoms with Crippen LogP contribution in [0.15, 0.2) is 27.9 Å². The van der Waals surface area contributed by atoms with E-state index in [1.807, 2.05) is 0 Å². The van der Waals surface area contributed by atoms with Crippen LogP contribution in [0, 0.1) is 0 Å². The second-order valence-corrected chi connectivity index (χ2v) is 6.95. The van der Waals surface area contributed by atoms with Crippen LogP contribution in [0.2, 0.25) is 0 Å². The molecule has 0 amide bonds. The van der Waals surface area contributed by atoms with Crippen molar-refractivity contribution in [2.75, 3.05) is 20.1 Å². The molecule has 0 bridgehead atoms. The molecule has 3 rings (SSSR count). The van der Waals surface area contributed by atoms with E-state index in [4.69, 9.17) is 0 Å². The lowest BCUT2D eigenvalue weighted by atomic mass is 10.3. The standard InChI is InChI=1S/C12H16N4O3S/c1-16(8-4-5-13-7-8)20(18,19)9-2-3-10-11(6-9)15-12(17)14-10/h2-3,6,8,13H,4-5,7H2,1H3,(H2,14,15,17). The highest BCUT2D eigenvalue weighted by molar-refractivity contribution is 7.89. The number of aromatic nitrogens is 2. The smallest absolute Gasteiger partial charge is 0.315 e. The van der Waals surface area contributed by atoms with E-state index in [0.717, 1.165) is 13.0 Å². The molecule has 1 unspecified atom stereocenters. The minimum absolute atomic E-state index is 0.0269. The third kappa shape index (κ3) is 2.15. The summed E-state index contributed by atoms with van der Waals surface area (Å²) in [6.07, 6.45) is 0.805. The van der Waals surface area contributed by atoms with E-state index < -0.39 is 10.0 Å². The minimum atomic E-state index is -3.55. The molecule has 2 aromatic rings. The van der Waals surface area contributed by atoms with Gasteiger partial charge < -0.3 is 15.3 Å². The van der Waals surface area contributed by atoms with Gasteiger partial charge in [-0.1, -0.05) is 0 Å². The van der Waals surface area contributed by atoms with Gasteiger partial charge in [0.05, 0.1) is 15.9 Å². The van der Waals surface area contributed by atoms with E-state index in [9.17, 15) is 13.2 Å². The predicted molar refractivity (Wildman–Crippen MR) is 75.1 cm³/mol. The zero-order chi connectivity index (χ0) is 14.3. The van der Waals surface area contributed by atoms with E-state index in [-0.39, 0.29) is 16.6 Å². The van der Waals surface area contributed by atoms with Crippen molar-refractivity contribution >= 4 is 21.1 Å². The normalized spacial score (nSPS) is 20.0. The molecule has 1 atom stereocenters. The number of nitrogens with zero attached hydrogens (tertiary/aromatic N) is 1. The van der Waals surface area contributed by atoms with Crippen LogP contribution in [0.5, 0.6) is 0 Å². The van der Waals surface area contributed by atoms with Gasteiger partial charge in [-0.2, -0.15) is 4.31 Å². The summed E-state index contributed by atoms with van der Waals surface area (Å²) in [5, 5.41) is 3.15. The van der Waals surface area contributed by atoms with Crippen molar-refractivity contribution < 1.29 is 8.42 Å². The molecular formula is C12H16N4O3S. The second-order valence-electron chi connectivity index (χ2n) is 4.95. The van der Waals surface area contributed by atoms with Crippen molar-refractivity contribution in [3.8, 4) is 0 Å². The lowest BCUT2D eigenvalue weighted by Gasteiger charge is -2.23. The monoisotopic (exact) mass is 296 g/mol. The number of rotatable bonds is 3. The van der Waals surface area contributed by atoms with Crippen LogP contribution in [0.4, 0.5) is 0 Å². The van der Waals surface area contributed by atoms with Crippen molar-refractivity contribution in [3.63, 3.8) is 0 Å². The van der Waals surface area contributed by atoms with Gasteiger partial charge in [0.2, 0.25) is 10.0 Å². The second kappa shape index (κ2) is 4.72. The Morgan fingerprint density at radius 3 is 2.70 bits per heavy atom. The van der Waals surface area contributed by atoms with Crippen LogP contribution in [0.3, 0.4) is 0 Å². The van der Waals surface area contributed by atoms with Gasteiger partial charge in [0, 0.05) is 19.6 Å². The molecule has 3 N–H and O–H groups in total. The largest absolute Gasteiger partial charge is 0.323 e. The summed E-state index contributed by atoms with van der Waals surface area (Å²) in [6.45, 7) is 1.49. The molecule has 1 aliphatic rings. The van der Waals surface area contributed by atoms with E-state index in [2.05, 4.69) is 15.3 Å². The van der Waals surface area contributed by atoms with Gasteiger partial charge in [-0.3, -0.25) is 0 Å². The van der Waals surface area contributed by atoms with Crippen molar-refractivity contribution in [3.05, 3.63) is 28.7 Å². The Morgan fingerprint density at radius 2 is 2.00 bits per heavy atom. The molecule has 0 saturated carbocycles. The Kier molecular flexibility index (Phi) is 3.15. The number of H-pyrrole nitrogens is 2. The number of aromatic amines is 2. The van der Waals surface area contributed by atoms with Gasteiger partial charge >= 0.3 is 5.69 Å². The first kappa shape index (κ1) is 13.3. The van der Waals surface area contributed by atoms with E-state index in [0.29, 0.717) is 17.6 Å². The molecule has 1 fully saturated rings. The fourth-order valence-electron chi connectivity index (χ4n) is 2.48. The lowest BCUT2D eigenvalue weighted by molar-refractivity contribution is 0.388. The number of benzene rings is 1. The van der Waals surface area contributed by atoms with Crippen LogP contribution in [-0.2, 0) is 10.0 Å². The van der Waals surface area contributed by atoms with Crippen LogP contribution in [-0.4, -0.2) is 48.9 Å². The number of likely N-dealkylation sites (N-methyl/N-ethyl adjacent to an activating group) is 1. The third-order valence-electron chi connectivity index (χ3n) is 3.71. The molecular weight excluding hydrogens is 280 g/mol. The first-order valence-corrected chi connectivity index (χ1v) is 7.83. The van der Waals surface area contributed by atoms with E-state index in [1.165, 1.54) is 16.4 Å². The Labute approximate surface area is 116 Å². The van der Waals surface area contributed by atoms with Crippen LogP contribution < -0.4 is 11.0 Å². The Balaban J connectivity index is 2.01. The highest BCUT2D eigenvalue weighted by Gasteiger charge is 2.30. The highest BCUT2D eigenvalue weighted by Crippen LogP contribution is 2.21. The molecule has 1 aromatic carbocycles. The number of sulfonamides is 1. The average molecular weight is 296 g/mol. The first-order chi connectivity index (χ1) is 9.48. The maximum atomic E-state index is 12.6. The molecule has 0 spiro atoms. The fourth-order valence-corrected chi connectivity index (χ4v) is 3.90. The molecule has 2 heterocycles. The number of nitrogens with one attached hydrogen (secondary N) is 3. The fraction of sp³-hybridized carbons (Fsp3) is 0.417. The summed E-state index contributed by atoms with van der Waals surface area (Å²) in [6, 6.07) is 4.57. The average Bonchev–Trinajstić information content (AvgIpc) is 3.04. The molecule has 108 valence electrons. The van der Waals surface area contributed by atoms with Gasteiger partial charge in [-0.15, -0.1) is 0 Å². The van der Waals surface area contributed by atoms with Gasteiger partial charge in [0.15, 0.2) is 0 Å². The Morgan fingerprint density at radius 1 is 1.25 bits per heavy atom. The summed E-state index contributed by atoms with van der Waals surface area (Å²) < 4.78 is 26.5. The Hall–Kier alpha value is -1.64. The van der Waals surface area contributed by atoms with E-state index in [1.54, 1.807) is 13.1 Å². The predicted octanol–water partition coefficient (Wildman–Crippen LogP) is -0.161. The summed E-state index contributed by atoms with van der Waals surface area (Å²) in [5.41, 5.74) is 0.746. The number of imidazole rings is 1. The topological polar surface area (TPSA) is 98.1 Å². The van der Waals surface area contributed by atoms with Crippen molar-refractivity contribution in [1.29, 1.82) is 0 Å². The van der Waals surface area contributed by atoms with Crippen LogP contribution in [0.1, 0.15) is 6.42 Å². The van der Waals surface area contributed by atoms with Crippen molar-refractivity contribution in [2.24, 2.45) is 0 Å². The van der Waals surface area contributed by atoms with Crippen molar-refractivity contribution in [1.82, 2.24) is 19.6 Å². The summed E-state index contributed by atoms with van der Waals surface area (Å²) >= 11 is 0. The van der Waals surface area contributed by atoms with Crippen LogP contribution >= 0.6 is 0 Å². The summed E-state index contributed by atoms with van der Waals surface area (Å²) in [7, 11) is -1.95. The molecule has 1 aliphatic heterocycles. The lowest BCUT2D eigenvalue weighted by Crippen LogP contribution is -2.38. The van der Waals surface area contributed by atoms with Crippen LogP contribution in [0.25, 0.3) is 11.0 Å². The molecule has 0 radical (unpaired) electrons. The van der Waals surface area contributed by atoms with Gasteiger partial charge in [-0.25, -0.2) is 13.2 Å². The van der Waals surface area contributed by atoms with Crippen molar-refractivity contribution in [2.45, 2.75) is 17.4 Å². The zero-order valence-electron chi connectivity index (χ0n) is 11.0. The minimum Gasteiger partial charge on any atom is -0.315 e. The van der Waals surface area contributed by atoms with Gasteiger partial charge in [0.25, 0.3) is 0 Å². The molecule has 20 heavy (non-hydrogen) atoms. The number of hydrogen-bond acceptors (Lipinski definition) is 4. The molecule has 0 aliphatic carbocycles. The number of hydrogen-bond donors (Lipinski definition) is 3. The molecule has 7 nitrogen and oxygen atoms in total. The zero-order valence-corrected chi connectivity index (χ0v) is 11.8. The van der Waals surface area contributed by atoms with Gasteiger partial charge in [-0.05, 0) is 31.2 Å². The Bertz CT molecular complexity index is 786. The highest BCUT2D eigenvalue weighted by atomic mass is 32.2. The summed E-state index contributed by atoms with van der Waals surface area (Å²) in [4.78, 5) is 16.6. The maximum absolute atomic E-state index is 12.6. The number of fused-ring (bicyclic) bond motifs is 1. The first-order valence-electron chi connectivity index (χ1n) is 6.39. The summed E-state index contributed by atoms with van der Waals surface area (Å²) in [5.74, 6) is 0.